The molecule has 0 amide bonds. The molecule has 25 heavy (non-hydrogen) atoms. The lowest BCUT2D eigenvalue weighted by atomic mass is 9.75. The highest BCUT2D eigenvalue weighted by atomic mass is 16.7. The third kappa shape index (κ3) is 3.05. The van der Waals surface area contributed by atoms with Crippen molar-refractivity contribution in [3.05, 3.63) is 29.8 Å². The van der Waals surface area contributed by atoms with Crippen LogP contribution in [-0.2, 0) is 14.3 Å². The van der Waals surface area contributed by atoms with Gasteiger partial charge in [0.05, 0.1) is 17.9 Å². The Labute approximate surface area is 150 Å². The summed E-state index contributed by atoms with van der Waals surface area (Å²) >= 11 is 0. The van der Waals surface area contributed by atoms with Crippen LogP contribution in [0.5, 0.6) is 0 Å². The summed E-state index contributed by atoms with van der Waals surface area (Å²) in [5.74, 6) is 1.56. The molecule has 6 atom stereocenters. The molecular weight excluding hydrogens is 314 g/mol. The topological polar surface area (TPSA) is 47.6 Å². The number of nitrogens with one attached hydrogen (secondary N) is 1. The minimum atomic E-state index is -0.421. The highest BCUT2D eigenvalue weighted by Gasteiger charge is 2.50. The minimum absolute atomic E-state index is 0.0624. The van der Waals surface area contributed by atoms with Crippen molar-refractivity contribution in [1.29, 1.82) is 0 Å². The Balaban J connectivity index is 1.53. The molecule has 1 saturated heterocycles. The molecule has 136 valence electrons. The van der Waals surface area contributed by atoms with Crippen molar-refractivity contribution in [2.24, 2.45) is 23.7 Å². The highest BCUT2D eigenvalue weighted by molar-refractivity contribution is 5.84. The van der Waals surface area contributed by atoms with E-state index in [1.165, 1.54) is 12.8 Å². The third-order valence-electron chi connectivity index (χ3n) is 6.36. The third-order valence-corrected chi connectivity index (χ3v) is 6.36. The average molecular weight is 343 g/mol. The number of cyclic esters (lactones) is 1. The molecule has 1 saturated carbocycles. The normalized spacial score (nSPS) is 37.2. The van der Waals surface area contributed by atoms with Crippen molar-refractivity contribution in [2.45, 2.75) is 58.3 Å². The van der Waals surface area contributed by atoms with Gasteiger partial charge in [0.1, 0.15) is 0 Å². The molecule has 1 aromatic carbocycles. The second-order valence-corrected chi connectivity index (χ2v) is 8.42. The molecule has 4 rings (SSSR count). The van der Waals surface area contributed by atoms with Gasteiger partial charge < -0.3 is 14.8 Å². The fourth-order valence-electron chi connectivity index (χ4n) is 4.91. The molecule has 4 heteroatoms. The fourth-order valence-corrected chi connectivity index (χ4v) is 4.91. The Morgan fingerprint density at radius 3 is 2.84 bits per heavy atom. The first-order valence-corrected chi connectivity index (χ1v) is 9.73. The van der Waals surface area contributed by atoms with Crippen molar-refractivity contribution < 1.29 is 14.3 Å². The van der Waals surface area contributed by atoms with Crippen LogP contribution in [0.15, 0.2) is 24.3 Å². The van der Waals surface area contributed by atoms with Crippen LogP contribution in [0.2, 0.25) is 0 Å². The number of carbonyl (C=O) groups excluding carboxylic acids is 1. The van der Waals surface area contributed by atoms with E-state index in [0.29, 0.717) is 17.8 Å². The quantitative estimate of drug-likeness (QED) is 0.837. The van der Waals surface area contributed by atoms with Crippen LogP contribution in [0.3, 0.4) is 0 Å². The van der Waals surface area contributed by atoms with E-state index in [4.69, 9.17) is 9.47 Å². The molecule has 3 aliphatic rings. The molecule has 0 spiro atoms. The molecule has 1 aliphatic carbocycles. The Bertz CT molecular complexity index is 644. The summed E-state index contributed by atoms with van der Waals surface area (Å²) < 4.78 is 12.2. The Morgan fingerprint density at radius 2 is 2.04 bits per heavy atom. The molecule has 1 N–H and O–H groups in total. The number of ether oxygens (including phenoxy) is 2. The van der Waals surface area contributed by atoms with E-state index >= 15 is 0 Å². The molecule has 1 aromatic rings. The first kappa shape index (κ1) is 16.9. The van der Waals surface area contributed by atoms with Crippen LogP contribution in [0, 0.1) is 23.7 Å². The smallest absolute Gasteiger partial charge is 0.316 e. The second-order valence-electron chi connectivity index (χ2n) is 8.42. The van der Waals surface area contributed by atoms with E-state index in [1.54, 1.807) is 0 Å². The van der Waals surface area contributed by atoms with Gasteiger partial charge in [-0.15, -0.1) is 0 Å². The number of rotatable bonds is 3. The lowest BCUT2D eigenvalue weighted by Gasteiger charge is -2.39. The summed E-state index contributed by atoms with van der Waals surface area (Å²) in [6.07, 6.45) is 3.32. The molecule has 0 aromatic heterocycles. The van der Waals surface area contributed by atoms with Crippen molar-refractivity contribution in [2.75, 3.05) is 11.9 Å². The van der Waals surface area contributed by atoms with Crippen LogP contribution in [0.4, 0.5) is 5.69 Å². The Kier molecular flexibility index (Phi) is 4.48. The first-order valence-electron chi connectivity index (χ1n) is 9.73. The van der Waals surface area contributed by atoms with Gasteiger partial charge in [-0.2, -0.15) is 0 Å². The maximum atomic E-state index is 12.6. The van der Waals surface area contributed by atoms with Crippen molar-refractivity contribution in [3.8, 4) is 0 Å². The fraction of sp³-hybridized carbons (Fsp3) is 0.667. The number of carbonyl (C=O) groups is 1. The van der Waals surface area contributed by atoms with Gasteiger partial charge in [-0.05, 0) is 42.2 Å². The van der Waals surface area contributed by atoms with Gasteiger partial charge in [0.15, 0.2) is 0 Å². The minimum Gasteiger partial charge on any atom is -0.435 e. The zero-order valence-corrected chi connectivity index (χ0v) is 15.4. The van der Waals surface area contributed by atoms with Gasteiger partial charge in [-0.3, -0.25) is 4.79 Å². The second kappa shape index (κ2) is 6.64. The predicted molar refractivity (Wildman–Crippen MR) is 97.3 cm³/mol. The molecule has 2 aliphatic heterocycles. The molecule has 4 nitrogen and oxygen atoms in total. The molecule has 3 unspecified atom stereocenters. The van der Waals surface area contributed by atoms with E-state index < -0.39 is 6.29 Å². The van der Waals surface area contributed by atoms with Crippen LogP contribution >= 0.6 is 0 Å². The predicted octanol–water partition coefficient (Wildman–Crippen LogP) is 4.17. The van der Waals surface area contributed by atoms with Crippen LogP contribution < -0.4 is 5.32 Å². The van der Waals surface area contributed by atoms with E-state index in [2.05, 4.69) is 26.1 Å². The number of anilines is 1. The number of esters is 1. The summed E-state index contributed by atoms with van der Waals surface area (Å²) in [5.41, 5.74) is 2.10. The average Bonchev–Trinajstić information content (AvgIpc) is 2.91. The van der Waals surface area contributed by atoms with E-state index in [1.807, 2.05) is 24.3 Å². The number of hydrogen-bond donors (Lipinski definition) is 1. The number of benzene rings is 1. The lowest BCUT2D eigenvalue weighted by Crippen LogP contribution is -2.40. The summed E-state index contributed by atoms with van der Waals surface area (Å²) in [6, 6.07) is 8.05. The van der Waals surface area contributed by atoms with Gasteiger partial charge >= 0.3 is 5.97 Å². The van der Waals surface area contributed by atoms with Gasteiger partial charge in [0.25, 0.3) is 0 Å². The summed E-state index contributed by atoms with van der Waals surface area (Å²) in [5, 5.41) is 3.45. The Hall–Kier alpha value is -1.55. The maximum absolute atomic E-state index is 12.6. The molecule has 2 fully saturated rings. The maximum Gasteiger partial charge on any atom is 0.316 e. The largest absolute Gasteiger partial charge is 0.435 e. The first-order chi connectivity index (χ1) is 12.0. The summed E-state index contributed by atoms with van der Waals surface area (Å²) in [7, 11) is 0. The highest BCUT2D eigenvalue weighted by Crippen LogP contribution is 2.45. The Morgan fingerprint density at radius 1 is 1.24 bits per heavy atom. The van der Waals surface area contributed by atoms with E-state index in [0.717, 1.165) is 24.2 Å². The SMILES string of the molecule is CC1CCC(C(C)C)C(O[C@@H]2OC(=O)[C@@H]3c4ccccc4NC[C@H]23)C1. The zero-order valence-electron chi connectivity index (χ0n) is 15.4. The zero-order chi connectivity index (χ0) is 17.6. The van der Waals surface area contributed by atoms with Crippen molar-refractivity contribution in [1.82, 2.24) is 0 Å². The lowest BCUT2D eigenvalue weighted by molar-refractivity contribution is -0.194. The van der Waals surface area contributed by atoms with Gasteiger partial charge in [0.2, 0.25) is 6.29 Å². The number of hydrogen-bond acceptors (Lipinski definition) is 4. The van der Waals surface area contributed by atoms with Gasteiger partial charge in [0, 0.05) is 12.2 Å². The number of para-hydroxylation sites is 1. The number of fused-ring (bicyclic) bond motifs is 3. The molecule has 0 bridgehead atoms. The monoisotopic (exact) mass is 343 g/mol. The van der Waals surface area contributed by atoms with E-state index in [9.17, 15) is 4.79 Å². The van der Waals surface area contributed by atoms with Crippen LogP contribution in [0.25, 0.3) is 0 Å². The molecule has 0 radical (unpaired) electrons. The van der Waals surface area contributed by atoms with Crippen molar-refractivity contribution in [3.63, 3.8) is 0 Å². The standard InChI is InChI=1S/C21H29NO3/c1-12(2)14-9-8-13(3)10-18(14)24-21-16-11-22-17-7-5-4-6-15(17)19(16)20(23)25-21/h4-7,12-14,16,18-19,21-22H,8-11H2,1-3H3/t13?,14?,16-,18?,19+,21+/m0/s1. The van der Waals surface area contributed by atoms with Gasteiger partial charge in [-0.25, -0.2) is 0 Å². The molecule has 2 heterocycles. The van der Waals surface area contributed by atoms with Crippen molar-refractivity contribution >= 4 is 11.7 Å². The summed E-state index contributed by atoms with van der Waals surface area (Å²) in [6.45, 7) is 7.58. The van der Waals surface area contributed by atoms with Crippen LogP contribution in [0.1, 0.15) is 51.5 Å². The van der Waals surface area contributed by atoms with E-state index in [-0.39, 0.29) is 23.9 Å². The molecular formula is C21H29NO3. The van der Waals surface area contributed by atoms with Gasteiger partial charge in [-0.1, -0.05) is 45.4 Å². The van der Waals surface area contributed by atoms with Crippen LogP contribution in [-0.4, -0.2) is 24.9 Å². The summed E-state index contributed by atoms with van der Waals surface area (Å²) in [4.78, 5) is 12.6.